The highest BCUT2D eigenvalue weighted by molar-refractivity contribution is 6.30. The van der Waals surface area contributed by atoms with Crippen LogP contribution in [-0.2, 0) is 11.2 Å². The molecule has 3 rings (SSSR count). The van der Waals surface area contributed by atoms with Crippen molar-refractivity contribution in [1.29, 1.82) is 0 Å². The highest BCUT2D eigenvalue weighted by Gasteiger charge is 2.13. The number of carbonyl (C=O) groups excluding carboxylic acids is 1. The Morgan fingerprint density at radius 3 is 2.59 bits per heavy atom. The Morgan fingerprint density at radius 2 is 1.86 bits per heavy atom. The molecule has 1 heterocycles. The highest BCUT2D eigenvalue weighted by atomic mass is 35.5. The second kappa shape index (κ2) is 6.12. The minimum Gasteiger partial charge on any atom is -0.497 e. The zero-order chi connectivity index (χ0) is 15.5. The Kier molecular flexibility index (Phi) is 4.02. The predicted octanol–water partition coefficient (Wildman–Crippen LogP) is 4.24. The molecule has 0 aliphatic carbocycles. The summed E-state index contributed by atoms with van der Waals surface area (Å²) in [6.45, 7) is 0. The van der Waals surface area contributed by atoms with E-state index < -0.39 is 0 Å². The van der Waals surface area contributed by atoms with Gasteiger partial charge in [0.15, 0.2) is 0 Å². The van der Waals surface area contributed by atoms with E-state index in [1.165, 1.54) is 0 Å². The number of halogens is 1. The van der Waals surface area contributed by atoms with Crippen LogP contribution in [0.2, 0.25) is 5.02 Å². The SMILES string of the molecule is COc1ccc2c(CC(=O)Oc3ccc(Cl)cc3)coc2c1. The maximum atomic E-state index is 12.0. The maximum Gasteiger partial charge on any atom is 0.315 e. The molecule has 0 unspecified atom stereocenters. The highest BCUT2D eigenvalue weighted by Crippen LogP contribution is 2.26. The zero-order valence-electron chi connectivity index (χ0n) is 11.8. The van der Waals surface area contributed by atoms with E-state index in [4.69, 9.17) is 25.5 Å². The molecule has 0 N–H and O–H groups in total. The molecule has 2 aromatic carbocycles. The molecule has 0 fully saturated rings. The lowest BCUT2D eigenvalue weighted by atomic mass is 10.1. The fourth-order valence-electron chi connectivity index (χ4n) is 2.15. The average Bonchev–Trinajstić information content (AvgIpc) is 2.91. The van der Waals surface area contributed by atoms with E-state index in [2.05, 4.69) is 0 Å². The summed E-state index contributed by atoms with van der Waals surface area (Å²) in [5.41, 5.74) is 1.45. The van der Waals surface area contributed by atoms with Crippen molar-refractivity contribution in [2.75, 3.05) is 7.11 Å². The summed E-state index contributed by atoms with van der Waals surface area (Å²) in [5.74, 6) is 0.807. The number of fused-ring (bicyclic) bond motifs is 1. The third kappa shape index (κ3) is 3.07. The van der Waals surface area contributed by atoms with Gasteiger partial charge in [0.25, 0.3) is 0 Å². The number of methoxy groups -OCH3 is 1. The van der Waals surface area contributed by atoms with E-state index in [9.17, 15) is 4.79 Å². The van der Waals surface area contributed by atoms with Crippen molar-refractivity contribution in [2.24, 2.45) is 0 Å². The van der Waals surface area contributed by atoms with E-state index >= 15 is 0 Å². The van der Waals surface area contributed by atoms with Crippen molar-refractivity contribution >= 4 is 28.5 Å². The van der Waals surface area contributed by atoms with Crippen molar-refractivity contribution in [3.63, 3.8) is 0 Å². The summed E-state index contributed by atoms with van der Waals surface area (Å²) in [4.78, 5) is 12.0. The fraction of sp³-hybridized carbons (Fsp3) is 0.118. The Labute approximate surface area is 132 Å². The molecule has 0 radical (unpaired) electrons. The van der Waals surface area contributed by atoms with Gasteiger partial charge in [-0.2, -0.15) is 0 Å². The van der Waals surface area contributed by atoms with Crippen LogP contribution in [0.3, 0.4) is 0 Å². The van der Waals surface area contributed by atoms with Crippen LogP contribution in [0.15, 0.2) is 53.1 Å². The molecule has 0 aliphatic heterocycles. The van der Waals surface area contributed by atoms with Crippen molar-refractivity contribution in [1.82, 2.24) is 0 Å². The molecule has 0 amide bonds. The van der Waals surface area contributed by atoms with Gasteiger partial charge in [-0.1, -0.05) is 11.6 Å². The molecular weight excluding hydrogens is 304 g/mol. The van der Waals surface area contributed by atoms with E-state index in [0.717, 1.165) is 10.9 Å². The number of rotatable bonds is 4. The lowest BCUT2D eigenvalue weighted by Gasteiger charge is -2.03. The third-order valence-corrected chi connectivity index (χ3v) is 3.49. The Morgan fingerprint density at radius 1 is 1.14 bits per heavy atom. The molecule has 0 aliphatic rings. The van der Waals surface area contributed by atoms with Crippen molar-refractivity contribution < 1.29 is 18.7 Å². The summed E-state index contributed by atoms with van der Waals surface area (Å²) in [6, 6.07) is 12.1. The Balaban J connectivity index is 1.75. The van der Waals surface area contributed by atoms with Gasteiger partial charge < -0.3 is 13.9 Å². The third-order valence-electron chi connectivity index (χ3n) is 3.24. The van der Waals surface area contributed by atoms with Crippen molar-refractivity contribution in [3.05, 3.63) is 59.3 Å². The monoisotopic (exact) mass is 316 g/mol. The quantitative estimate of drug-likeness (QED) is 0.533. The summed E-state index contributed by atoms with van der Waals surface area (Å²) >= 11 is 5.79. The average molecular weight is 317 g/mol. The first-order valence-corrected chi connectivity index (χ1v) is 7.04. The lowest BCUT2D eigenvalue weighted by Crippen LogP contribution is -2.10. The van der Waals surface area contributed by atoms with Gasteiger partial charge in [-0.25, -0.2) is 0 Å². The maximum absolute atomic E-state index is 12.0. The lowest BCUT2D eigenvalue weighted by molar-refractivity contribution is -0.133. The van der Waals surface area contributed by atoms with Gasteiger partial charge >= 0.3 is 5.97 Å². The van der Waals surface area contributed by atoms with Crippen LogP contribution in [0.5, 0.6) is 11.5 Å². The van der Waals surface area contributed by atoms with Gasteiger partial charge in [0, 0.05) is 22.0 Å². The molecule has 5 heteroatoms. The normalized spacial score (nSPS) is 10.6. The van der Waals surface area contributed by atoms with E-state index in [-0.39, 0.29) is 12.4 Å². The summed E-state index contributed by atoms with van der Waals surface area (Å²) in [7, 11) is 1.59. The minimum absolute atomic E-state index is 0.127. The van der Waals surface area contributed by atoms with E-state index in [1.54, 1.807) is 43.7 Å². The zero-order valence-corrected chi connectivity index (χ0v) is 12.6. The summed E-state index contributed by atoms with van der Waals surface area (Å²) in [5, 5.41) is 1.46. The standard InChI is InChI=1S/C17H13ClO4/c1-20-14-6-7-15-11(10-21-16(15)9-14)8-17(19)22-13-4-2-12(18)3-5-13/h2-7,9-10H,8H2,1H3. The number of esters is 1. The van der Waals surface area contributed by atoms with Gasteiger partial charge in [-0.3, -0.25) is 4.79 Å². The number of ether oxygens (including phenoxy) is 2. The van der Waals surface area contributed by atoms with Gasteiger partial charge in [0.05, 0.1) is 19.8 Å². The fourth-order valence-corrected chi connectivity index (χ4v) is 2.28. The number of hydrogen-bond acceptors (Lipinski definition) is 4. The number of hydrogen-bond donors (Lipinski definition) is 0. The number of carbonyl (C=O) groups is 1. The van der Waals surface area contributed by atoms with Crippen molar-refractivity contribution in [3.8, 4) is 11.5 Å². The van der Waals surface area contributed by atoms with Crippen LogP contribution in [-0.4, -0.2) is 13.1 Å². The molecule has 0 atom stereocenters. The van der Waals surface area contributed by atoms with Crippen LogP contribution in [0.4, 0.5) is 0 Å². The predicted molar refractivity (Wildman–Crippen MR) is 83.6 cm³/mol. The molecule has 112 valence electrons. The largest absolute Gasteiger partial charge is 0.497 e. The van der Waals surface area contributed by atoms with Gasteiger partial charge in [0.2, 0.25) is 0 Å². The molecule has 1 aromatic heterocycles. The number of benzene rings is 2. The topological polar surface area (TPSA) is 48.7 Å². The van der Waals surface area contributed by atoms with Gasteiger partial charge in [-0.15, -0.1) is 0 Å². The Hall–Kier alpha value is -2.46. The van der Waals surface area contributed by atoms with Crippen LogP contribution in [0.1, 0.15) is 5.56 Å². The van der Waals surface area contributed by atoms with Gasteiger partial charge in [-0.05, 0) is 36.4 Å². The first kappa shape index (κ1) is 14.5. The molecule has 4 nitrogen and oxygen atoms in total. The second-order valence-corrected chi connectivity index (χ2v) is 5.16. The summed E-state index contributed by atoms with van der Waals surface area (Å²) < 4.78 is 15.9. The van der Waals surface area contributed by atoms with Crippen LogP contribution in [0.25, 0.3) is 11.0 Å². The summed E-state index contributed by atoms with van der Waals surface area (Å²) in [6.07, 6.45) is 1.69. The van der Waals surface area contributed by atoms with Crippen LogP contribution >= 0.6 is 11.6 Å². The first-order valence-electron chi connectivity index (χ1n) is 6.66. The van der Waals surface area contributed by atoms with Crippen molar-refractivity contribution in [2.45, 2.75) is 6.42 Å². The molecule has 0 saturated heterocycles. The van der Waals surface area contributed by atoms with E-state index in [0.29, 0.717) is 22.1 Å². The molecule has 3 aromatic rings. The minimum atomic E-state index is -0.360. The van der Waals surface area contributed by atoms with Gasteiger partial charge in [0.1, 0.15) is 17.1 Å². The van der Waals surface area contributed by atoms with E-state index in [1.807, 2.05) is 12.1 Å². The smallest absolute Gasteiger partial charge is 0.315 e. The van der Waals surface area contributed by atoms with Crippen LogP contribution < -0.4 is 9.47 Å². The Bertz CT molecular complexity index is 805. The number of furan rings is 1. The molecular formula is C17H13ClO4. The van der Waals surface area contributed by atoms with Crippen LogP contribution in [0, 0.1) is 0 Å². The molecule has 0 spiro atoms. The molecule has 22 heavy (non-hydrogen) atoms. The second-order valence-electron chi connectivity index (χ2n) is 4.73. The molecule has 0 bridgehead atoms. The first-order chi connectivity index (χ1) is 10.7. The molecule has 0 saturated carbocycles.